The Morgan fingerprint density at radius 3 is 2.50 bits per heavy atom. The molecule has 0 aromatic carbocycles. The predicted octanol–water partition coefficient (Wildman–Crippen LogP) is 2.53. The summed E-state index contributed by atoms with van der Waals surface area (Å²) in [5.74, 6) is -0.820. The number of hydrogen-bond donors (Lipinski definition) is 1. The van der Waals surface area contributed by atoms with Crippen molar-refractivity contribution >= 4 is 13.6 Å². The van der Waals surface area contributed by atoms with Gasteiger partial charge < -0.3 is 14.2 Å². The minimum atomic E-state index is -3.49. The SMILES string of the molecule is CCOP(=O)(CC(=O)O)OC/C=C/C(C)C. The molecule has 0 saturated heterocycles. The molecule has 0 aliphatic heterocycles. The summed E-state index contributed by atoms with van der Waals surface area (Å²) in [6, 6.07) is 0. The number of aliphatic carboxylic acids is 1. The molecular formula is C10H19O5P. The highest BCUT2D eigenvalue weighted by Gasteiger charge is 2.27. The summed E-state index contributed by atoms with van der Waals surface area (Å²) >= 11 is 0. The largest absolute Gasteiger partial charge is 0.481 e. The molecule has 94 valence electrons. The summed E-state index contributed by atoms with van der Waals surface area (Å²) in [6.45, 7) is 5.90. The van der Waals surface area contributed by atoms with E-state index in [4.69, 9.17) is 14.2 Å². The first kappa shape index (κ1) is 15.4. The van der Waals surface area contributed by atoms with Crippen molar-refractivity contribution in [1.29, 1.82) is 0 Å². The second-order valence-corrected chi connectivity index (χ2v) is 5.60. The van der Waals surface area contributed by atoms with E-state index in [1.165, 1.54) is 0 Å². The van der Waals surface area contributed by atoms with Gasteiger partial charge in [-0.15, -0.1) is 0 Å². The van der Waals surface area contributed by atoms with Crippen LogP contribution >= 0.6 is 7.60 Å². The molecule has 1 N–H and O–H groups in total. The Balaban J connectivity index is 4.22. The molecule has 0 amide bonds. The summed E-state index contributed by atoms with van der Waals surface area (Å²) in [5, 5.41) is 8.57. The molecule has 1 unspecified atom stereocenters. The third-order valence-electron chi connectivity index (χ3n) is 1.54. The van der Waals surface area contributed by atoms with Crippen LogP contribution in [0.5, 0.6) is 0 Å². The van der Waals surface area contributed by atoms with Gasteiger partial charge in [-0.1, -0.05) is 26.0 Å². The van der Waals surface area contributed by atoms with Gasteiger partial charge in [-0.3, -0.25) is 9.36 Å². The van der Waals surface area contributed by atoms with Crippen LogP contribution < -0.4 is 0 Å². The first-order chi connectivity index (χ1) is 7.39. The van der Waals surface area contributed by atoms with E-state index in [2.05, 4.69) is 0 Å². The summed E-state index contributed by atoms with van der Waals surface area (Å²) in [7, 11) is -3.49. The van der Waals surface area contributed by atoms with Crippen LogP contribution in [0.4, 0.5) is 0 Å². The molecule has 1 atom stereocenters. The zero-order valence-corrected chi connectivity index (χ0v) is 10.8. The molecule has 0 spiro atoms. The van der Waals surface area contributed by atoms with Gasteiger partial charge in [-0.25, -0.2) is 0 Å². The third-order valence-corrected chi connectivity index (χ3v) is 3.40. The Morgan fingerprint density at radius 2 is 2.06 bits per heavy atom. The van der Waals surface area contributed by atoms with E-state index in [1.807, 2.05) is 19.9 Å². The highest BCUT2D eigenvalue weighted by molar-refractivity contribution is 7.54. The lowest BCUT2D eigenvalue weighted by atomic mass is 10.2. The minimum absolute atomic E-state index is 0.0999. The molecule has 0 aliphatic rings. The fourth-order valence-electron chi connectivity index (χ4n) is 0.975. The van der Waals surface area contributed by atoms with E-state index in [1.54, 1.807) is 13.0 Å². The van der Waals surface area contributed by atoms with E-state index in [0.29, 0.717) is 5.92 Å². The van der Waals surface area contributed by atoms with E-state index < -0.39 is 19.7 Å². The molecule has 0 aromatic heterocycles. The lowest BCUT2D eigenvalue weighted by Gasteiger charge is -2.14. The van der Waals surface area contributed by atoms with E-state index >= 15 is 0 Å². The molecule has 0 heterocycles. The van der Waals surface area contributed by atoms with Gasteiger partial charge in [0.15, 0.2) is 0 Å². The van der Waals surface area contributed by atoms with Gasteiger partial charge in [-0.05, 0) is 12.8 Å². The van der Waals surface area contributed by atoms with Crippen molar-refractivity contribution in [2.75, 3.05) is 19.4 Å². The molecule has 0 saturated carbocycles. The Morgan fingerprint density at radius 1 is 1.44 bits per heavy atom. The molecule has 0 aromatic rings. The first-order valence-electron chi connectivity index (χ1n) is 5.16. The first-order valence-corrected chi connectivity index (χ1v) is 6.89. The highest BCUT2D eigenvalue weighted by Crippen LogP contribution is 2.47. The van der Waals surface area contributed by atoms with Crippen LogP contribution in [-0.2, 0) is 18.4 Å². The lowest BCUT2D eigenvalue weighted by molar-refractivity contribution is -0.134. The van der Waals surface area contributed by atoms with Gasteiger partial charge in [0.1, 0.15) is 6.16 Å². The summed E-state index contributed by atoms with van der Waals surface area (Å²) < 4.78 is 21.7. The van der Waals surface area contributed by atoms with Crippen LogP contribution in [0, 0.1) is 5.92 Å². The predicted molar refractivity (Wildman–Crippen MR) is 61.7 cm³/mol. The maximum atomic E-state index is 11.8. The van der Waals surface area contributed by atoms with Crippen LogP contribution in [0.1, 0.15) is 20.8 Å². The summed E-state index contributed by atoms with van der Waals surface area (Å²) in [4.78, 5) is 10.5. The third kappa shape index (κ3) is 7.63. The Hall–Kier alpha value is -0.640. The van der Waals surface area contributed by atoms with E-state index in [9.17, 15) is 9.36 Å². The van der Waals surface area contributed by atoms with E-state index in [0.717, 1.165) is 0 Å². The normalized spacial score (nSPS) is 15.5. The Labute approximate surface area is 96.0 Å². The smallest absolute Gasteiger partial charge is 0.342 e. The fourth-order valence-corrected chi connectivity index (χ4v) is 2.27. The molecule has 16 heavy (non-hydrogen) atoms. The van der Waals surface area contributed by atoms with Gasteiger partial charge in [0.2, 0.25) is 0 Å². The van der Waals surface area contributed by atoms with Crippen molar-refractivity contribution in [2.24, 2.45) is 5.92 Å². The molecule has 0 rings (SSSR count). The Kier molecular flexibility index (Phi) is 7.30. The average Bonchev–Trinajstić information content (AvgIpc) is 2.11. The molecule has 0 fully saturated rings. The highest BCUT2D eigenvalue weighted by atomic mass is 31.2. The molecule has 0 aliphatic carbocycles. The van der Waals surface area contributed by atoms with Crippen molar-refractivity contribution in [3.05, 3.63) is 12.2 Å². The number of carbonyl (C=O) groups is 1. The Bertz CT molecular complexity index is 285. The van der Waals surface area contributed by atoms with Crippen molar-refractivity contribution in [1.82, 2.24) is 0 Å². The van der Waals surface area contributed by atoms with Crippen molar-refractivity contribution in [2.45, 2.75) is 20.8 Å². The lowest BCUT2D eigenvalue weighted by Crippen LogP contribution is -2.08. The number of carboxylic acids is 1. The zero-order valence-electron chi connectivity index (χ0n) is 9.88. The summed E-state index contributed by atoms with van der Waals surface area (Å²) in [5.41, 5.74) is 0. The monoisotopic (exact) mass is 250 g/mol. The molecule has 0 bridgehead atoms. The van der Waals surface area contributed by atoms with Gasteiger partial charge in [0, 0.05) is 0 Å². The van der Waals surface area contributed by atoms with Crippen molar-refractivity contribution in [3.63, 3.8) is 0 Å². The van der Waals surface area contributed by atoms with Crippen molar-refractivity contribution in [3.8, 4) is 0 Å². The van der Waals surface area contributed by atoms with Crippen LogP contribution in [0.2, 0.25) is 0 Å². The van der Waals surface area contributed by atoms with Gasteiger partial charge >= 0.3 is 13.6 Å². The van der Waals surface area contributed by atoms with Crippen LogP contribution in [-0.4, -0.2) is 30.5 Å². The molecule has 6 heteroatoms. The van der Waals surface area contributed by atoms with Crippen LogP contribution in [0.3, 0.4) is 0 Å². The van der Waals surface area contributed by atoms with Crippen LogP contribution in [0.15, 0.2) is 12.2 Å². The number of allylic oxidation sites excluding steroid dienone is 1. The van der Waals surface area contributed by atoms with Gasteiger partial charge in [0.25, 0.3) is 0 Å². The van der Waals surface area contributed by atoms with Gasteiger partial charge in [0.05, 0.1) is 13.2 Å². The standard InChI is InChI=1S/C10H19O5P/c1-4-14-16(13,8-10(11)12)15-7-5-6-9(2)3/h5-6,9H,4,7-8H2,1-3H3,(H,11,12)/b6-5+. The number of rotatable bonds is 8. The number of carboxylic acid groups (broad SMARTS) is 1. The van der Waals surface area contributed by atoms with Crippen molar-refractivity contribution < 1.29 is 23.5 Å². The number of hydrogen-bond acceptors (Lipinski definition) is 4. The topological polar surface area (TPSA) is 72.8 Å². The second-order valence-electron chi connectivity index (χ2n) is 3.55. The molecule has 5 nitrogen and oxygen atoms in total. The second kappa shape index (κ2) is 7.60. The average molecular weight is 250 g/mol. The maximum Gasteiger partial charge on any atom is 0.342 e. The maximum absolute atomic E-state index is 11.8. The summed E-state index contributed by atoms with van der Waals surface area (Å²) in [6.07, 6.45) is 2.99. The quantitative estimate of drug-likeness (QED) is 0.529. The minimum Gasteiger partial charge on any atom is -0.481 e. The fraction of sp³-hybridized carbons (Fsp3) is 0.700. The van der Waals surface area contributed by atoms with Gasteiger partial charge in [-0.2, -0.15) is 0 Å². The molecular weight excluding hydrogens is 231 g/mol. The molecule has 0 radical (unpaired) electrons. The van der Waals surface area contributed by atoms with Crippen LogP contribution in [0.25, 0.3) is 0 Å². The van der Waals surface area contributed by atoms with E-state index in [-0.39, 0.29) is 13.2 Å². The zero-order chi connectivity index (χ0) is 12.6.